The van der Waals surface area contributed by atoms with E-state index >= 15 is 0 Å². The van der Waals surface area contributed by atoms with Crippen LogP contribution in [0, 0.1) is 0 Å². The van der Waals surface area contributed by atoms with Crippen molar-refractivity contribution in [3.05, 3.63) is 53.5 Å². The van der Waals surface area contributed by atoms with Gasteiger partial charge in [0.25, 0.3) is 0 Å². The number of ether oxygens (including phenoxy) is 3. The summed E-state index contributed by atoms with van der Waals surface area (Å²) in [5.74, 6) is 1.67. The average Bonchev–Trinajstić information content (AvgIpc) is 3.45. The molecule has 1 N–H and O–H groups in total. The predicted molar refractivity (Wildman–Crippen MR) is 134 cm³/mol. The number of aromatic nitrogens is 3. The maximum absolute atomic E-state index is 12.9. The minimum atomic E-state index is -0.162. The molecule has 178 valence electrons. The van der Waals surface area contributed by atoms with Gasteiger partial charge in [0.1, 0.15) is 5.01 Å². The summed E-state index contributed by atoms with van der Waals surface area (Å²) in [4.78, 5) is 22.1. The van der Waals surface area contributed by atoms with Gasteiger partial charge in [-0.3, -0.25) is 10.1 Å². The first-order valence-electron chi connectivity index (χ1n) is 11.1. The molecular weight excluding hydrogens is 452 g/mol. The van der Waals surface area contributed by atoms with Crippen LogP contribution < -0.4 is 14.8 Å². The average molecular weight is 481 g/mol. The number of amides is 1. The normalized spacial score (nSPS) is 11.0. The number of methoxy groups -OCH3 is 2. The van der Waals surface area contributed by atoms with E-state index in [0.717, 1.165) is 28.0 Å². The van der Waals surface area contributed by atoms with Crippen LogP contribution in [-0.4, -0.2) is 47.9 Å². The first kappa shape index (κ1) is 23.7. The number of thiazole rings is 1. The predicted octanol–water partition coefficient (Wildman–Crippen LogP) is 4.78. The molecule has 0 aliphatic rings. The molecule has 4 rings (SSSR count). The standard InChI is InChI=1S/C25H28N4O4S/c1-4-33-13-7-12-29-20-9-6-5-8-19(20)27-25(29)28-23(30)15-18-16-34-24(26-18)17-10-11-21(31-2)22(14-17)32-3/h5-6,8-11,14,16H,4,7,12-13,15H2,1-3H3,(H,27,28,30). The molecule has 2 aromatic heterocycles. The molecule has 4 aromatic rings. The van der Waals surface area contributed by atoms with Gasteiger partial charge in [0, 0.05) is 30.7 Å². The van der Waals surface area contributed by atoms with Gasteiger partial charge < -0.3 is 18.8 Å². The van der Waals surface area contributed by atoms with Crippen molar-refractivity contribution in [1.82, 2.24) is 14.5 Å². The van der Waals surface area contributed by atoms with E-state index in [1.165, 1.54) is 11.3 Å². The number of carbonyl (C=O) groups is 1. The van der Waals surface area contributed by atoms with Gasteiger partial charge in [-0.2, -0.15) is 0 Å². The number of hydrogen-bond donors (Lipinski definition) is 1. The summed E-state index contributed by atoms with van der Waals surface area (Å²) in [6.07, 6.45) is 0.990. The summed E-state index contributed by atoms with van der Waals surface area (Å²) in [7, 11) is 3.20. The molecule has 0 fully saturated rings. The number of aryl methyl sites for hydroxylation is 1. The van der Waals surface area contributed by atoms with Crippen LogP contribution in [0.1, 0.15) is 19.0 Å². The van der Waals surface area contributed by atoms with Gasteiger partial charge in [-0.05, 0) is 43.7 Å². The van der Waals surface area contributed by atoms with Crippen LogP contribution in [0.2, 0.25) is 0 Å². The summed E-state index contributed by atoms with van der Waals surface area (Å²) in [5.41, 5.74) is 3.44. The number of fused-ring (bicyclic) bond motifs is 1. The van der Waals surface area contributed by atoms with E-state index < -0.39 is 0 Å². The molecule has 1 amide bonds. The maximum Gasteiger partial charge on any atom is 0.232 e. The van der Waals surface area contributed by atoms with Gasteiger partial charge in [0.05, 0.1) is 37.4 Å². The fourth-order valence-corrected chi connectivity index (χ4v) is 4.51. The lowest BCUT2D eigenvalue weighted by Gasteiger charge is -2.10. The second kappa shape index (κ2) is 11.1. The van der Waals surface area contributed by atoms with Crippen LogP contribution in [0.4, 0.5) is 5.95 Å². The molecule has 2 heterocycles. The molecule has 0 unspecified atom stereocenters. The molecule has 0 aliphatic heterocycles. The maximum atomic E-state index is 12.9. The summed E-state index contributed by atoms with van der Waals surface area (Å²) >= 11 is 1.48. The molecule has 0 aliphatic carbocycles. The molecule has 8 nitrogen and oxygen atoms in total. The van der Waals surface area contributed by atoms with Gasteiger partial charge in [-0.25, -0.2) is 9.97 Å². The van der Waals surface area contributed by atoms with E-state index in [1.807, 2.05) is 59.3 Å². The van der Waals surface area contributed by atoms with Gasteiger partial charge >= 0.3 is 0 Å². The van der Waals surface area contributed by atoms with Gasteiger partial charge in [0.15, 0.2) is 11.5 Å². The van der Waals surface area contributed by atoms with Crippen molar-refractivity contribution in [1.29, 1.82) is 0 Å². The second-order valence-electron chi connectivity index (χ2n) is 7.56. The third-order valence-corrected chi connectivity index (χ3v) is 6.24. The monoisotopic (exact) mass is 480 g/mol. The second-order valence-corrected chi connectivity index (χ2v) is 8.42. The van der Waals surface area contributed by atoms with Crippen molar-refractivity contribution < 1.29 is 19.0 Å². The number of carbonyl (C=O) groups excluding carboxylic acids is 1. The summed E-state index contributed by atoms with van der Waals surface area (Å²) in [5, 5.41) is 5.68. The van der Waals surface area contributed by atoms with Crippen molar-refractivity contribution in [2.45, 2.75) is 26.3 Å². The van der Waals surface area contributed by atoms with E-state index in [0.29, 0.717) is 42.9 Å². The molecule has 0 saturated heterocycles. The fourth-order valence-electron chi connectivity index (χ4n) is 3.69. The summed E-state index contributed by atoms with van der Waals surface area (Å²) in [6, 6.07) is 13.5. The summed E-state index contributed by atoms with van der Waals surface area (Å²) < 4.78 is 18.2. The zero-order valence-corrected chi connectivity index (χ0v) is 20.4. The lowest BCUT2D eigenvalue weighted by Crippen LogP contribution is -2.18. The van der Waals surface area contributed by atoms with E-state index in [9.17, 15) is 4.79 Å². The smallest absolute Gasteiger partial charge is 0.232 e. The number of hydrogen-bond acceptors (Lipinski definition) is 7. The van der Waals surface area contributed by atoms with Crippen molar-refractivity contribution in [3.63, 3.8) is 0 Å². The highest BCUT2D eigenvalue weighted by Gasteiger charge is 2.15. The number of imidazole rings is 1. The Balaban J connectivity index is 1.47. The number of para-hydroxylation sites is 2. The first-order valence-corrected chi connectivity index (χ1v) is 12.0. The van der Waals surface area contributed by atoms with Crippen LogP contribution in [0.15, 0.2) is 47.8 Å². The largest absolute Gasteiger partial charge is 0.493 e. The Labute approximate surface area is 202 Å². The lowest BCUT2D eigenvalue weighted by molar-refractivity contribution is -0.115. The van der Waals surface area contributed by atoms with Crippen LogP contribution in [0.5, 0.6) is 11.5 Å². The Morgan fingerprint density at radius 2 is 1.91 bits per heavy atom. The minimum absolute atomic E-state index is 0.159. The Hall–Kier alpha value is -3.43. The molecule has 0 atom stereocenters. The molecule has 0 bridgehead atoms. The highest BCUT2D eigenvalue weighted by molar-refractivity contribution is 7.13. The minimum Gasteiger partial charge on any atom is -0.493 e. The molecule has 34 heavy (non-hydrogen) atoms. The first-order chi connectivity index (χ1) is 16.6. The van der Waals surface area contributed by atoms with Crippen LogP contribution in [0.25, 0.3) is 21.6 Å². The van der Waals surface area contributed by atoms with E-state index in [1.54, 1.807) is 14.2 Å². The Morgan fingerprint density at radius 3 is 2.71 bits per heavy atom. The lowest BCUT2D eigenvalue weighted by atomic mass is 10.2. The van der Waals surface area contributed by atoms with Crippen LogP contribution in [-0.2, 0) is 22.5 Å². The quantitative estimate of drug-likeness (QED) is 0.311. The van der Waals surface area contributed by atoms with E-state index in [-0.39, 0.29) is 12.3 Å². The van der Waals surface area contributed by atoms with Crippen molar-refractivity contribution >= 4 is 34.2 Å². The van der Waals surface area contributed by atoms with E-state index in [4.69, 9.17) is 14.2 Å². The number of nitrogens with zero attached hydrogens (tertiary/aromatic N) is 3. The summed E-state index contributed by atoms with van der Waals surface area (Å²) in [6.45, 7) is 4.03. The molecule has 2 aromatic carbocycles. The fraction of sp³-hybridized carbons (Fsp3) is 0.320. The Kier molecular flexibility index (Phi) is 7.76. The van der Waals surface area contributed by atoms with Crippen molar-refractivity contribution in [3.8, 4) is 22.1 Å². The number of rotatable bonds is 11. The molecule has 0 saturated carbocycles. The van der Waals surface area contributed by atoms with Crippen LogP contribution >= 0.6 is 11.3 Å². The molecular formula is C25H28N4O4S. The van der Waals surface area contributed by atoms with Gasteiger partial charge in [0.2, 0.25) is 11.9 Å². The molecule has 9 heteroatoms. The Bertz CT molecular complexity index is 1270. The van der Waals surface area contributed by atoms with E-state index in [2.05, 4.69) is 15.3 Å². The number of nitrogens with one attached hydrogen (secondary N) is 1. The number of benzene rings is 2. The third-order valence-electron chi connectivity index (χ3n) is 5.30. The van der Waals surface area contributed by atoms with Crippen LogP contribution in [0.3, 0.4) is 0 Å². The number of anilines is 1. The zero-order chi connectivity index (χ0) is 23.9. The molecule has 0 radical (unpaired) electrons. The SMILES string of the molecule is CCOCCCn1c(NC(=O)Cc2csc(-c3ccc(OC)c(OC)c3)n2)nc2ccccc21. The highest BCUT2D eigenvalue weighted by atomic mass is 32.1. The zero-order valence-electron chi connectivity index (χ0n) is 19.5. The van der Waals surface area contributed by atoms with Crippen molar-refractivity contribution in [2.75, 3.05) is 32.8 Å². The van der Waals surface area contributed by atoms with Gasteiger partial charge in [-0.15, -0.1) is 11.3 Å². The van der Waals surface area contributed by atoms with Crippen molar-refractivity contribution in [2.24, 2.45) is 0 Å². The molecule has 0 spiro atoms. The third kappa shape index (κ3) is 5.37. The van der Waals surface area contributed by atoms with Gasteiger partial charge in [-0.1, -0.05) is 12.1 Å². The Morgan fingerprint density at radius 1 is 1.09 bits per heavy atom. The highest BCUT2D eigenvalue weighted by Crippen LogP contribution is 2.33. The topological polar surface area (TPSA) is 87.5 Å².